The lowest BCUT2D eigenvalue weighted by Gasteiger charge is -2.26. The van der Waals surface area contributed by atoms with E-state index in [1.54, 1.807) is 0 Å². The summed E-state index contributed by atoms with van der Waals surface area (Å²) in [5.41, 5.74) is 3.75. The number of nitrogens with one attached hydrogen (secondary N) is 1. The molecule has 1 unspecified atom stereocenters. The van der Waals surface area contributed by atoms with Crippen molar-refractivity contribution < 1.29 is 9.90 Å². The van der Waals surface area contributed by atoms with E-state index in [-0.39, 0.29) is 24.1 Å². The molecule has 1 saturated heterocycles. The average molecular weight is 332 g/mol. The van der Waals surface area contributed by atoms with Gasteiger partial charge < -0.3 is 15.3 Å². The molecule has 1 aromatic rings. The number of likely N-dealkylation sites (tertiary alicyclic amines) is 1. The van der Waals surface area contributed by atoms with E-state index in [4.69, 9.17) is 0 Å². The molecule has 1 heterocycles. The fourth-order valence-corrected chi connectivity index (χ4v) is 3.27. The topological polar surface area (TPSA) is 52.6 Å². The Morgan fingerprint density at radius 2 is 2.08 bits per heavy atom. The molecular formula is C20H32N2O2. The van der Waals surface area contributed by atoms with Crippen molar-refractivity contribution in [3.63, 3.8) is 0 Å². The summed E-state index contributed by atoms with van der Waals surface area (Å²) >= 11 is 0. The van der Waals surface area contributed by atoms with Crippen molar-refractivity contribution in [3.8, 4) is 0 Å². The van der Waals surface area contributed by atoms with Gasteiger partial charge in [0.05, 0.1) is 6.04 Å². The van der Waals surface area contributed by atoms with E-state index >= 15 is 0 Å². The zero-order chi connectivity index (χ0) is 17.7. The Morgan fingerprint density at radius 1 is 1.33 bits per heavy atom. The highest BCUT2D eigenvalue weighted by Crippen LogP contribution is 2.32. The van der Waals surface area contributed by atoms with Gasteiger partial charge in [0.1, 0.15) is 0 Å². The number of hydrogen-bond acceptors (Lipinski definition) is 2. The number of rotatable bonds is 6. The molecule has 0 bridgehead atoms. The zero-order valence-corrected chi connectivity index (χ0v) is 15.6. The monoisotopic (exact) mass is 332 g/mol. The lowest BCUT2D eigenvalue weighted by molar-refractivity contribution is 0.147. The van der Waals surface area contributed by atoms with Crippen LogP contribution in [0.25, 0.3) is 0 Å². The van der Waals surface area contributed by atoms with E-state index in [1.807, 2.05) is 18.7 Å². The van der Waals surface area contributed by atoms with E-state index in [2.05, 4.69) is 37.4 Å². The molecule has 1 fully saturated rings. The Bertz CT molecular complexity index is 569. The van der Waals surface area contributed by atoms with Crippen LogP contribution in [0, 0.1) is 19.3 Å². The van der Waals surface area contributed by atoms with Gasteiger partial charge in [0.2, 0.25) is 0 Å². The van der Waals surface area contributed by atoms with Gasteiger partial charge in [0, 0.05) is 19.7 Å². The fourth-order valence-electron chi connectivity index (χ4n) is 3.27. The average Bonchev–Trinajstić information content (AvgIpc) is 3.03. The van der Waals surface area contributed by atoms with Gasteiger partial charge in [0.15, 0.2) is 0 Å². The van der Waals surface area contributed by atoms with Crippen LogP contribution in [-0.2, 0) is 0 Å². The summed E-state index contributed by atoms with van der Waals surface area (Å²) in [6.45, 7) is 10.0. The molecule has 0 aliphatic carbocycles. The molecule has 1 aliphatic heterocycles. The summed E-state index contributed by atoms with van der Waals surface area (Å²) in [5, 5.41) is 12.3. The number of nitrogens with zero attached hydrogens (tertiary/aromatic N) is 1. The van der Waals surface area contributed by atoms with Gasteiger partial charge in [-0.3, -0.25) is 0 Å². The van der Waals surface area contributed by atoms with Gasteiger partial charge in [-0.15, -0.1) is 0 Å². The third-order valence-corrected chi connectivity index (χ3v) is 5.16. The highest BCUT2D eigenvalue weighted by molar-refractivity contribution is 5.75. The van der Waals surface area contributed by atoms with Crippen molar-refractivity contribution in [1.82, 2.24) is 10.2 Å². The highest BCUT2D eigenvalue weighted by Gasteiger charge is 2.30. The Morgan fingerprint density at radius 3 is 2.75 bits per heavy atom. The summed E-state index contributed by atoms with van der Waals surface area (Å²) < 4.78 is 0. The first kappa shape index (κ1) is 18.8. The number of hydrogen-bond donors (Lipinski definition) is 2. The molecule has 0 saturated carbocycles. The number of aliphatic hydroxyl groups is 1. The summed E-state index contributed by atoms with van der Waals surface area (Å²) in [6, 6.07) is 6.75. The minimum Gasteiger partial charge on any atom is -0.396 e. The lowest BCUT2D eigenvalue weighted by Crippen LogP contribution is -2.40. The van der Waals surface area contributed by atoms with Gasteiger partial charge in [-0.1, -0.05) is 32.0 Å². The molecule has 24 heavy (non-hydrogen) atoms. The van der Waals surface area contributed by atoms with Crippen LogP contribution < -0.4 is 5.32 Å². The molecule has 1 aromatic carbocycles. The number of amides is 2. The fraction of sp³-hybridized carbons (Fsp3) is 0.650. The number of carbonyl (C=O) groups is 1. The number of urea groups is 1. The molecule has 4 heteroatoms. The van der Waals surface area contributed by atoms with Crippen molar-refractivity contribution >= 4 is 6.03 Å². The number of benzene rings is 1. The van der Waals surface area contributed by atoms with Crippen molar-refractivity contribution in [2.45, 2.75) is 59.4 Å². The van der Waals surface area contributed by atoms with Crippen molar-refractivity contribution in [2.75, 3.05) is 19.7 Å². The van der Waals surface area contributed by atoms with E-state index in [1.165, 1.54) is 16.7 Å². The Kier molecular flexibility index (Phi) is 6.27. The van der Waals surface area contributed by atoms with Crippen LogP contribution in [0.15, 0.2) is 18.2 Å². The number of carbonyl (C=O) groups excluding carboxylic acids is 1. The predicted octanol–water partition coefficient (Wildman–Crippen LogP) is 3.95. The van der Waals surface area contributed by atoms with Crippen LogP contribution in [0.5, 0.6) is 0 Å². The standard InChI is InChI=1S/C20H32N2O2/c1-15-8-9-17(13-16(15)2)18-7-5-12-22(18)19(24)21-11-6-10-20(3,4)14-23/h8-9,13,18,23H,5-7,10-12,14H2,1-4H3,(H,21,24). The first-order valence-corrected chi connectivity index (χ1v) is 9.06. The second kappa shape index (κ2) is 8.02. The molecule has 0 spiro atoms. The summed E-state index contributed by atoms with van der Waals surface area (Å²) in [4.78, 5) is 14.5. The smallest absolute Gasteiger partial charge is 0.317 e. The zero-order valence-electron chi connectivity index (χ0n) is 15.6. The maximum atomic E-state index is 12.5. The van der Waals surface area contributed by atoms with Crippen molar-refractivity contribution in [1.29, 1.82) is 0 Å². The molecule has 2 N–H and O–H groups in total. The minimum atomic E-state index is -0.0691. The summed E-state index contributed by atoms with van der Waals surface area (Å²) in [6.07, 6.45) is 3.89. The third kappa shape index (κ3) is 4.73. The predicted molar refractivity (Wildman–Crippen MR) is 98.1 cm³/mol. The summed E-state index contributed by atoms with van der Waals surface area (Å²) in [7, 11) is 0. The van der Waals surface area contributed by atoms with E-state index in [0.29, 0.717) is 6.54 Å². The van der Waals surface area contributed by atoms with Crippen LogP contribution in [0.2, 0.25) is 0 Å². The highest BCUT2D eigenvalue weighted by atomic mass is 16.3. The van der Waals surface area contributed by atoms with Crippen LogP contribution in [0.3, 0.4) is 0 Å². The van der Waals surface area contributed by atoms with Gasteiger partial charge >= 0.3 is 6.03 Å². The van der Waals surface area contributed by atoms with Crippen LogP contribution in [0.1, 0.15) is 62.3 Å². The SMILES string of the molecule is Cc1ccc(C2CCCN2C(=O)NCCCC(C)(C)CO)cc1C. The lowest BCUT2D eigenvalue weighted by atomic mass is 9.89. The second-order valence-electron chi connectivity index (χ2n) is 7.85. The van der Waals surface area contributed by atoms with Crippen molar-refractivity contribution in [2.24, 2.45) is 5.41 Å². The maximum Gasteiger partial charge on any atom is 0.317 e. The van der Waals surface area contributed by atoms with Crippen LogP contribution in [-0.4, -0.2) is 35.7 Å². The van der Waals surface area contributed by atoms with E-state index < -0.39 is 0 Å². The first-order valence-electron chi connectivity index (χ1n) is 9.06. The van der Waals surface area contributed by atoms with Crippen LogP contribution >= 0.6 is 0 Å². The Hall–Kier alpha value is -1.55. The molecule has 1 aliphatic rings. The quantitative estimate of drug-likeness (QED) is 0.775. The molecule has 0 radical (unpaired) electrons. The number of aliphatic hydroxyl groups excluding tert-OH is 1. The van der Waals surface area contributed by atoms with E-state index in [9.17, 15) is 9.90 Å². The van der Waals surface area contributed by atoms with Gasteiger partial charge in [-0.05, 0) is 61.6 Å². The molecule has 2 rings (SSSR count). The first-order chi connectivity index (χ1) is 11.3. The van der Waals surface area contributed by atoms with E-state index in [0.717, 1.165) is 32.2 Å². The molecule has 2 amide bonds. The second-order valence-corrected chi connectivity index (χ2v) is 7.85. The Balaban J connectivity index is 1.90. The van der Waals surface area contributed by atoms with Crippen molar-refractivity contribution in [3.05, 3.63) is 34.9 Å². The van der Waals surface area contributed by atoms with Gasteiger partial charge in [-0.25, -0.2) is 4.79 Å². The largest absolute Gasteiger partial charge is 0.396 e. The molecule has 0 aromatic heterocycles. The molecule has 1 atom stereocenters. The molecular weight excluding hydrogens is 300 g/mol. The minimum absolute atomic E-state index is 0.0394. The molecule has 4 nitrogen and oxygen atoms in total. The summed E-state index contributed by atoms with van der Waals surface area (Å²) in [5.74, 6) is 0. The third-order valence-electron chi connectivity index (χ3n) is 5.16. The Labute approximate surface area is 146 Å². The molecule has 134 valence electrons. The van der Waals surface area contributed by atoms with Gasteiger partial charge in [-0.2, -0.15) is 0 Å². The number of aryl methyl sites for hydroxylation is 2. The van der Waals surface area contributed by atoms with Crippen LogP contribution in [0.4, 0.5) is 4.79 Å². The normalized spacial score (nSPS) is 18.0. The van der Waals surface area contributed by atoms with Gasteiger partial charge in [0.25, 0.3) is 0 Å². The maximum absolute atomic E-state index is 12.5.